The van der Waals surface area contributed by atoms with Crippen LogP contribution in [0.1, 0.15) is 45.4 Å². The topological polar surface area (TPSA) is 71.3 Å². The predicted octanol–water partition coefficient (Wildman–Crippen LogP) is 4.72. The lowest BCUT2D eigenvalue weighted by atomic mass is 10.1. The van der Waals surface area contributed by atoms with E-state index < -0.39 is 0 Å². The number of aromatic nitrogens is 2. The summed E-state index contributed by atoms with van der Waals surface area (Å²) in [5.41, 5.74) is 6.51. The lowest BCUT2D eigenvalue weighted by Crippen LogP contribution is -2.36. The number of guanidine groups is 1. The average Bonchev–Trinajstić information content (AvgIpc) is 3.02. The van der Waals surface area contributed by atoms with Crippen molar-refractivity contribution in [2.24, 2.45) is 4.99 Å². The third-order valence-corrected chi connectivity index (χ3v) is 5.29. The van der Waals surface area contributed by atoms with Crippen LogP contribution in [0.15, 0.2) is 47.5 Å². The van der Waals surface area contributed by atoms with Gasteiger partial charge in [0.15, 0.2) is 0 Å². The summed E-state index contributed by atoms with van der Waals surface area (Å²) >= 11 is 0. The maximum absolute atomic E-state index is 13.3. The number of halogens is 1. The molecule has 1 aromatic heterocycles. The van der Waals surface area contributed by atoms with Crippen molar-refractivity contribution in [2.75, 3.05) is 11.9 Å². The highest BCUT2D eigenvalue weighted by molar-refractivity contribution is 6.10. The van der Waals surface area contributed by atoms with Crippen molar-refractivity contribution in [3.8, 4) is 0 Å². The molecular formula is C25H30FN5O. The van der Waals surface area contributed by atoms with Gasteiger partial charge in [-0.25, -0.2) is 4.39 Å². The first kappa shape index (κ1) is 23.2. The van der Waals surface area contributed by atoms with Crippen LogP contribution in [0.5, 0.6) is 0 Å². The van der Waals surface area contributed by atoms with Crippen molar-refractivity contribution in [1.82, 2.24) is 15.1 Å². The standard InChI is InChI=1S/C25H30FN5O/c1-6-31-19(5)23(18(4)30-31)11-12-27-25(28-22-9-7-21(26)8-10-22)29-24(32)20-14-16(2)13-17(3)15-20/h7-10,13-15H,6,11-12H2,1-5H3,(H2,27,28,29,32). The second-order valence-electron chi connectivity index (χ2n) is 7.91. The summed E-state index contributed by atoms with van der Waals surface area (Å²) in [5, 5.41) is 10.5. The van der Waals surface area contributed by atoms with E-state index in [2.05, 4.69) is 34.6 Å². The van der Waals surface area contributed by atoms with Gasteiger partial charge in [0.1, 0.15) is 5.82 Å². The minimum Gasteiger partial charge on any atom is -0.326 e. The summed E-state index contributed by atoms with van der Waals surface area (Å²) in [6, 6.07) is 11.6. The number of aliphatic imine (C=N–C) groups is 1. The first-order chi connectivity index (χ1) is 15.3. The molecule has 6 nitrogen and oxygen atoms in total. The Labute approximate surface area is 188 Å². The molecule has 0 bridgehead atoms. The van der Waals surface area contributed by atoms with Crippen molar-refractivity contribution < 1.29 is 9.18 Å². The van der Waals surface area contributed by atoms with Gasteiger partial charge in [0.25, 0.3) is 5.91 Å². The summed E-state index contributed by atoms with van der Waals surface area (Å²) in [5.74, 6) is -0.262. The van der Waals surface area contributed by atoms with Crippen LogP contribution in [0.2, 0.25) is 0 Å². The van der Waals surface area contributed by atoms with Crippen molar-refractivity contribution >= 4 is 17.6 Å². The van der Waals surface area contributed by atoms with Gasteiger partial charge >= 0.3 is 0 Å². The Morgan fingerprint density at radius 1 is 1.06 bits per heavy atom. The molecule has 0 aliphatic carbocycles. The van der Waals surface area contributed by atoms with Gasteiger partial charge in [-0.2, -0.15) is 5.10 Å². The Balaban J connectivity index is 1.80. The van der Waals surface area contributed by atoms with Crippen molar-refractivity contribution in [2.45, 2.75) is 47.6 Å². The zero-order chi connectivity index (χ0) is 23.3. The van der Waals surface area contributed by atoms with Crippen LogP contribution in [0.25, 0.3) is 0 Å². The van der Waals surface area contributed by atoms with Crippen molar-refractivity contribution in [3.05, 3.63) is 81.9 Å². The van der Waals surface area contributed by atoms with E-state index in [0.29, 0.717) is 30.2 Å². The molecule has 0 spiro atoms. The van der Waals surface area contributed by atoms with E-state index in [4.69, 9.17) is 0 Å². The molecule has 7 heteroatoms. The summed E-state index contributed by atoms with van der Waals surface area (Å²) in [6.07, 6.45) is 0.700. The quantitative estimate of drug-likeness (QED) is 0.435. The third-order valence-electron chi connectivity index (χ3n) is 5.29. The summed E-state index contributed by atoms with van der Waals surface area (Å²) in [6.45, 7) is 11.3. The smallest absolute Gasteiger partial charge is 0.257 e. The van der Waals surface area contributed by atoms with Crippen LogP contribution in [0.3, 0.4) is 0 Å². The van der Waals surface area contributed by atoms with E-state index in [1.807, 2.05) is 43.7 Å². The molecule has 168 valence electrons. The number of carbonyl (C=O) groups excluding carboxylic acids is 1. The summed E-state index contributed by atoms with van der Waals surface area (Å²) < 4.78 is 15.3. The normalized spacial score (nSPS) is 11.5. The molecular weight excluding hydrogens is 405 g/mol. The van der Waals surface area contributed by atoms with E-state index in [9.17, 15) is 9.18 Å². The highest BCUT2D eigenvalue weighted by Gasteiger charge is 2.13. The molecule has 0 aliphatic rings. The number of anilines is 1. The van der Waals surface area contributed by atoms with Crippen LogP contribution >= 0.6 is 0 Å². The van der Waals surface area contributed by atoms with Crippen LogP contribution in [-0.4, -0.2) is 28.2 Å². The molecule has 32 heavy (non-hydrogen) atoms. The number of amides is 1. The van der Waals surface area contributed by atoms with E-state index in [1.165, 1.54) is 12.1 Å². The molecule has 1 amide bonds. The fourth-order valence-corrected chi connectivity index (χ4v) is 3.75. The molecule has 0 saturated carbocycles. The van der Waals surface area contributed by atoms with Crippen LogP contribution < -0.4 is 10.6 Å². The lowest BCUT2D eigenvalue weighted by Gasteiger charge is -2.13. The first-order valence-electron chi connectivity index (χ1n) is 10.8. The van der Waals surface area contributed by atoms with Crippen molar-refractivity contribution in [1.29, 1.82) is 0 Å². The molecule has 1 heterocycles. The van der Waals surface area contributed by atoms with Gasteiger partial charge in [0.2, 0.25) is 5.96 Å². The van der Waals surface area contributed by atoms with Crippen LogP contribution in [-0.2, 0) is 13.0 Å². The largest absolute Gasteiger partial charge is 0.326 e. The molecule has 2 N–H and O–H groups in total. The van der Waals surface area contributed by atoms with Crippen LogP contribution in [0.4, 0.5) is 10.1 Å². The number of nitrogens with zero attached hydrogens (tertiary/aromatic N) is 3. The molecule has 3 rings (SSSR count). The molecule has 0 saturated heterocycles. The fraction of sp³-hybridized carbons (Fsp3) is 0.320. The fourth-order valence-electron chi connectivity index (χ4n) is 3.75. The average molecular weight is 436 g/mol. The summed E-state index contributed by atoms with van der Waals surface area (Å²) in [7, 11) is 0. The predicted molar refractivity (Wildman–Crippen MR) is 127 cm³/mol. The Kier molecular flexibility index (Phi) is 7.41. The molecule has 0 fully saturated rings. The van der Waals surface area contributed by atoms with Gasteiger partial charge in [-0.15, -0.1) is 0 Å². The maximum Gasteiger partial charge on any atom is 0.257 e. The third kappa shape index (κ3) is 5.81. The number of rotatable bonds is 6. The van der Waals surface area contributed by atoms with Gasteiger partial charge in [0, 0.05) is 30.0 Å². The summed E-state index contributed by atoms with van der Waals surface area (Å²) in [4.78, 5) is 17.5. The van der Waals surface area contributed by atoms with Crippen LogP contribution in [0, 0.1) is 33.5 Å². The molecule has 0 atom stereocenters. The number of hydrogen-bond donors (Lipinski definition) is 2. The Hall–Kier alpha value is -3.48. The SMILES string of the molecule is CCn1nc(C)c(CCN=C(NC(=O)c2cc(C)cc(C)c2)Nc2ccc(F)cc2)c1C. The minimum atomic E-state index is -0.327. The van der Waals surface area contributed by atoms with E-state index >= 15 is 0 Å². The van der Waals surface area contributed by atoms with Gasteiger partial charge in [-0.05, 0) is 83.0 Å². The van der Waals surface area contributed by atoms with E-state index in [0.717, 1.165) is 34.6 Å². The number of benzene rings is 2. The number of nitrogens with one attached hydrogen (secondary N) is 2. The van der Waals surface area contributed by atoms with Gasteiger partial charge < -0.3 is 5.32 Å². The molecule has 0 unspecified atom stereocenters. The van der Waals surface area contributed by atoms with Gasteiger partial charge in [0.05, 0.1) is 5.69 Å². The zero-order valence-electron chi connectivity index (χ0n) is 19.3. The minimum absolute atomic E-state index is 0.253. The Bertz CT molecular complexity index is 1110. The van der Waals surface area contributed by atoms with Gasteiger partial charge in [-0.3, -0.25) is 19.8 Å². The highest BCUT2D eigenvalue weighted by atomic mass is 19.1. The maximum atomic E-state index is 13.3. The molecule has 3 aromatic rings. The lowest BCUT2D eigenvalue weighted by molar-refractivity contribution is 0.0976. The second-order valence-corrected chi connectivity index (χ2v) is 7.91. The molecule has 0 radical (unpaired) electrons. The monoisotopic (exact) mass is 435 g/mol. The molecule has 2 aromatic carbocycles. The number of hydrogen-bond acceptors (Lipinski definition) is 3. The second kappa shape index (κ2) is 10.2. The first-order valence-corrected chi connectivity index (χ1v) is 10.8. The Morgan fingerprint density at radius 2 is 1.72 bits per heavy atom. The Morgan fingerprint density at radius 3 is 2.31 bits per heavy atom. The van der Waals surface area contributed by atoms with E-state index in [-0.39, 0.29) is 11.7 Å². The van der Waals surface area contributed by atoms with Gasteiger partial charge in [-0.1, -0.05) is 17.2 Å². The molecule has 0 aliphatic heterocycles. The zero-order valence-corrected chi connectivity index (χ0v) is 19.3. The van der Waals surface area contributed by atoms with E-state index in [1.54, 1.807) is 12.1 Å². The number of carbonyl (C=O) groups is 1. The van der Waals surface area contributed by atoms with Crippen molar-refractivity contribution in [3.63, 3.8) is 0 Å². The number of aryl methyl sites for hydroxylation is 4. The highest BCUT2D eigenvalue weighted by Crippen LogP contribution is 2.14.